The summed E-state index contributed by atoms with van der Waals surface area (Å²) in [7, 11) is -1.98. The summed E-state index contributed by atoms with van der Waals surface area (Å²) < 4.78 is 31.7. The lowest BCUT2D eigenvalue weighted by atomic mass is 10.0. The summed E-state index contributed by atoms with van der Waals surface area (Å²) in [5.74, 6) is 0.223. The molecule has 29 heavy (non-hydrogen) atoms. The number of hydrogen-bond donors (Lipinski definition) is 0. The SMILES string of the molecule is COc1ccc(Cl)cc1C(=O)N1CCCC(N(Cc2cccnc2)S(C)(=O)=O)C1. The number of carbonyl (C=O) groups excluding carboxylic acids is 1. The van der Waals surface area contributed by atoms with E-state index < -0.39 is 10.0 Å². The molecule has 1 aliphatic heterocycles. The van der Waals surface area contributed by atoms with Crippen molar-refractivity contribution < 1.29 is 17.9 Å². The van der Waals surface area contributed by atoms with Crippen LogP contribution in [0.5, 0.6) is 5.75 Å². The van der Waals surface area contributed by atoms with Gasteiger partial charge in [-0.05, 0) is 42.7 Å². The topological polar surface area (TPSA) is 79.8 Å². The molecule has 0 saturated carbocycles. The third-order valence-electron chi connectivity index (χ3n) is 4.97. The van der Waals surface area contributed by atoms with Gasteiger partial charge in [-0.25, -0.2) is 8.42 Å². The molecule has 0 bridgehead atoms. The number of pyridine rings is 1. The monoisotopic (exact) mass is 437 g/mol. The zero-order valence-electron chi connectivity index (χ0n) is 16.4. The average Bonchev–Trinajstić information content (AvgIpc) is 2.71. The number of benzene rings is 1. The van der Waals surface area contributed by atoms with Crippen LogP contribution in [-0.2, 0) is 16.6 Å². The predicted octanol–water partition coefficient (Wildman–Crippen LogP) is 2.81. The molecule has 1 aromatic heterocycles. The molecule has 9 heteroatoms. The molecule has 1 aromatic carbocycles. The van der Waals surface area contributed by atoms with E-state index in [1.54, 1.807) is 41.6 Å². The maximum atomic E-state index is 13.1. The Bertz CT molecular complexity index is 969. The van der Waals surface area contributed by atoms with Crippen molar-refractivity contribution in [1.29, 1.82) is 0 Å². The van der Waals surface area contributed by atoms with E-state index in [-0.39, 0.29) is 18.5 Å². The minimum absolute atomic E-state index is 0.219. The molecule has 1 amide bonds. The summed E-state index contributed by atoms with van der Waals surface area (Å²) in [6, 6.07) is 8.20. The Morgan fingerprint density at radius 3 is 2.83 bits per heavy atom. The first-order valence-electron chi connectivity index (χ1n) is 9.28. The van der Waals surface area contributed by atoms with Gasteiger partial charge in [0.15, 0.2) is 0 Å². The lowest BCUT2D eigenvalue weighted by molar-refractivity contribution is 0.0647. The molecule has 3 rings (SSSR count). The van der Waals surface area contributed by atoms with Crippen molar-refractivity contribution in [3.63, 3.8) is 0 Å². The second-order valence-electron chi connectivity index (χ2n) is 7.06. The van der Waals surface area contributed by atoms with Gasteiger partial charge in [-0.2, -0.15) is 4.31 Å². The highest BCUT2D eigenvalue weighted by molar-refractivity contribution is 7.88. The number of hydrogen-bond acceptors (Lipinski definition) is 5. The highest BCUT2D eigenvalue weighted by atomic mass is 35.5. The van der Waals surface area contributed by atoms with Crippen molar-refractivity contribution >= 4 is 27.5 Å². The Hall–Kier alpha value is -2.16. The van der Waals surface area contributed by atoms with Gasteiger partial charge < -0.3 is 9.64 Å². The molecular formula is C20H24ClN3O4S. The van der Waals surface area contributed by atoms with Crippen LogP contribution >= 0.6 is 11.6 Å². The third kappa shape index (κ3) is 5.26. The summed E-state index contributed by atoms with van der Waals surface area (Å²) in [6.07, 6.45) is 5.89. The molecular weight excluding hydrogens is 414 g/mol. The van der Waals surface area contributed by atoms with Crippen LogP contribution in [0, 0.1) is 0 Å². The maximum Gasteiger partial charge on any atom is 0.257 e. The number of aromatic nitrogens is 1. The number of piperidine rings is 1. The molecule has 1 saturated heterocycles. The number of rotatable bonds is 6. The smallest absolute Gasteiger partial charge is 0.257 e. The van der Waals surface area contributed by atoms with Crippen molar-refractivity contribution in [1.82, 2.24) is 14.2 Å². The van der Waals surface area contributed by atoms with Gasteiger partial charge in [0.2, 0.25) is 10.0 Å². The van der Waals surface area contributed by atoms with Crippen LogP contribution < -0.4 is 4.74 Å². The number of nitrogens with zero attached hydrogens (tertiary/aromatic N) is 3. The number of ether oxygens (including phenoxy) is 1. The lowest BCUT2D eigenvalue weighted by Crippen LogP contribution is -2.51. The fourth-order valence-electron chi connectivity index (χ4n) is 3.58. The molecule has 0 spiro atoms. The highest BCUT2D eigenvalue weighted by Crippen LogP contribution is 2.27. The second-order valence-corrected chi connectivity index (χ2v) is 9.43. The van der Waals surface area contributed by atoms with Gasteiger partial charge in [-0.3, -0.25) is 9.78 Å². The van der Waals surface area contributed by atoms with E-state index in [9.17, 15) is 13.2 Å². The van der Waals surface area contributed by atoms with Crippen molar-refractivity contribution in [2.75, 3.05) is 26.5 Å². The maximum absolute atomic E-state index is 13.1. The largest absolute Gasteiger partial charge is 0.496 e. The number of halogens is 1. The van der Waals surface area contributed by atoms with Gasteiger partial charge in [0, 0.05) is 43.1 Å². The fourth-order valence-corrected chi connectivity index (χ4v) is 4.85. The normalized spacial score (nSPS) is 17.4. The minimum Gasteiger partial charge on any atom is -0.496 e. The fraction of sp³-hybridized carbons (Fsp3) is 0.400. The number of amides is 1. The molecule has 2 aromatic rings. The van der Waals surface area contributed by atoms with Crippen LogP contribution in [0.4, 0.5) is 0 Å². The molecule has 156 valence electrons. The van der Waals surface area contributed by atoms with Crippen LogP contribution in [0.3, 0.4) is 0 Å². The molecule has 0 radical (unpaired) electrons. The summed E-state index contributed by atoms with van der Waals surface area (Å²) in [5, 5.41) is 0.442. The zero-order chi connectivity index (χ0) is 21.0. The predicted molar refractivity (Wildman–Crippen MR) is 112 cm³/mol. The first-order chi connectivity index (χ1) is 13.8. The Morgan fingerprint density at radius 1 is 1.38 bits per heavy atom. The van der Waals surface area contributed by atoms with Crippen molar-refractivity contribution in [2.24, 2.45) is 0 Å². The molecule has 1 aliphatic rings. The van der Waals surface area contributed by atoms with Gasteiger partial charge in [0.05, 0.1) is 18.9 Å². The summed E-state index contributed by atoms with van der Waals surface area (Å²) in [4.78, 5) is 18.9. The summed E-state index contributed by atoms with van der Waals surface area (Å²) >= 11 is 6.07. The standard InChI is InChI=1S/C20H24ClN3O4S/c1-28-19-8-7-16(21)11-18(19)20(25)23-10-4-6-17(14-23)24(29(2,26)27)13-15-5-3-9-22-12-15/h3,5,7-9,11-12,17H,4,6,10,13-14H2,1-2H3. The Morgan fingerprint density at radius 2 is 2.17 bits per heavy atom. The van der Waals surface area contributed by atoms with E-state index in [1.807, 2.05) is 6.07 Å². The van der Waals surface area contributed by atoms with Gasteiger partial charge in [-0.1, -0.05) is 17.7 Å². The van der Waals surface area contributed by atoms with Crippen LogP contribution in [0.2, 0.25) is 5.02 Å². The third-order valence-corrected chi connectivity index (χ3v) is 6.48. The molecule has 0 aliphatic carbocycles. The van der Waals surface area contributed by atoms with E-state index in [0.29, 0.717) is 42.3 Å². The van der Waals surface area contributed by atoms with Gasteiger partial charge in [-0.15, -0.1) is 0 Å². The number of sulfonamides is 1. The second kappa shape index (κ2) is 9.11. The Balaban J connectivity index is 1.83. The van der Waals surface area contributed by atoms with E-state index in [1.165, 1.54) is 17.7 Å². The molecule has 2 heterocycles. The van der Waals surface area contributed by atoms with Gasteiger partial charge >= 0.3 is 0 Å². The molecule has 7 nitrogen and oxygen atoms in total. The van der Waals surface area contributed by atoms with Crippen LogP contribution in [0.1, 0.15) is 28.8 Å². The zero-order valence-corrected chi connectivity index (χ0v) is 18.0. The van der Waals surface area contributed by atoms with Crippen molar-refractivity contribution in [3.05, 3.63) is 58.9 Å². The molecule has 1 fully saturated rings. The number of methoxy groups -OCH3 is 1. The Labute approximate surface area is 176 Å². The van der Waals surface area contributed by atoms with Crippen LogP contribution in [0.15, 0.2) is 42.7 Å². The summed E-state index contributed by atoms with van der Waals surface area (Å²) in [5.41, 5.74) is 1.18. The van der Waals surface area contributed by atoms with E-state index in [4.69, 9.17) is 16.3 Å². The number of carbonyl (C=O) groups is 1. The Kier molecular flexibility index (Phi) is 6.77. The van der Waals surface area contributed by atoms with Gasteiger partial charge in [0.1, 0.15) is 5.75 Å². The molecule has 1 atom stereocenters. The van der Waals surface area contributed by atoms with Crippen molar-refractivity contribution in [3.8, 4) is 5.75 Å². The minimum atomic E-state index is -3.47. The van der Waals surface area contributed by atoms with E-state index in [2.05, 4.69) is 4.98 Å². The van der Waals surface area contributed by atoms with Crippen LogP contribution in [-0.4, -0.2) is 61.0 Å². The van der Waals surface area contributed by atoms with E-state index >= 15 is 0 Å². The molecule has 1 unspecified atom stereocenters. The lowest BCUT2D eigenvalue weighted by Gasteiger charge is -2.38. The molecule has 0 N–H and O–H groups in total. The average molecular weight is 438 g/mol. The quantitative estimate of drug-likeness (QED) is 0.694. The van der Waals surface area contributed by atoms with E-state index in [0.717, 1.165) is 5.56 Å². The first-order valence-corrected chi connectivity index (χ1v) is 11.5. The van der Waals surface area contributed by atoms with Gasteiger partial charge in [0.25, 0.3) is 5.91 Å². The van der Waals surface area contributed by atoms with Crippen molar-refractivity contribution in [2.45, 2.75) is 25.4 Å². The first kappa shape index (κ1) is 21.5. The number of likely N-dealkylation sites (tertiary alicyclic amines) is 1. The van der Waals surface area contributed by atoms with Crippen LogP contribution in [0.25, 0.3) is 0 Å². The summed E-state index contributed by atoms with van der Waals surface area (Å²) in [6.45, 7) is 1.08. The highest BCUT2D eigenvalue weighted by Gasteiger charge is 2.33.